The first-order valence-electron chi connectivity index (χ1n) is 6.48. The van der Waals surface area contributed by atoms with Gasteiger partial charge in [0.15, 0.2) is 5.66 Å². The van der Waals surface area contributed by atoms with E-state index in [0.717, 1.165) is 6.42 Å². The summed E-state index contributed by atoms with van der Waals surface area (Å²) in [4.78, 5) is 0. The molecule has 1 aliphatic heterocycles. The lowest BCUT2D eigenvalue weighted by molar-refractivity contribution is 0.224. The Bertz CT molecular complexity index is 217. The van der Waals surface area contributed by atoms with Gasteiger partial charge in [-0.05, 0) is 38.0 Å². The Hall–Kier alpha value is -0.400. The maximum Gasteiger partial charge on any atom is 0.188 e. The van der Waals surface area contributed by atoms with E-state index in [1.54, 1.807) is 0 Å². The van der Waals surface area contributed by atoms with E-state index in [1.165, 1.54) is 38.5 Å². The van der Waals surface area contributed by atoms with Crippen LogP contribution >= 0.6 is 0 Å². The van der Waals surface area contributed by atoms with Crippen LogP contribution in [0.1, 0.15) is 72.6 Å². The molecule has 0 radical (unpaired) electrons. The van der Waals surface area contributed by atoms with Gasteiger partial charge in [-0.25, -0.2) is 0 Å². The molecular weight excluding hydrogens is 184 g/mol. The minimum absolute atomic E-state index is 0.00121. The molecule has 0 fully saturated rings. The Morgan fingerprint density at radius 2 is 1.67 bits per heavy atom. The fourth-order valence-corrected chi connectivity index (χ4v) is 2.31. The molecule has 0 aliphatic carbocycles. The van der Waals surface area contributed by atoms with E-state index in [-0.39, 0.29) is 5.66 Å². The van der Waals surface area contributed by atoms with Crippen molar-refractivity contribution in [3.63, 3.8) is 0 Å². The largest absolute Gasteiger partial charge is 0.188 e. The van der Waals surface area contributed by atoms with Crippen LogP contribution < -0.4 is 0 Å². The van der Waals surface area contributed by atoms with Gasteiger partial charge in [0.05, 0.1) is 0 Å². The normalized spacial score (nSPS) is 21.3. The molecule has 0 aromatic rings. The second-order valence-corrected chi connectivity index (χ2v) is 5.58. The van der Waals surface area contributed by atoms with Crippen molar-refractivity contribution >= 4 is 0 Å². The zero-order chi connectivity index (χ0) is 11.4. The number of rotatable bonds is 8. The van der Waals surface area contributed by atoms with Gasteiger partial charge in [0.25, 0.3) is 0 Å². The van der Waals surface area contributed by atoms with Crippen molar-refractivity contribution < 1.29 is 0 Å². The van der Waals surface area contributed by atoms with Crippen LogP contribution in [0, 0.1) is 5.41 Å². The predicted octanol–water partition coefficient (Wildman–Crippen LogP) is 4.95. The molecule has 0 N–H and O–H groups in total. The summed E-state index contributed by atoms with van der Waals surface area (Å²) in [5.41, 5.74) is 0.530. The molecule has 15 heavy (non-hydrogen) atoms. The molecule has 1 unspecified atom stereocenters. The summed E-state index contributed by atoms with van der Waals surface area (Å²) in [6, 6.07) is 0. The maximum absolute atomic E-state index is 4.10. The predicted molar refractivity (Wildman–Crippen MR) is 65.0 cm³/mol. The second-order valence-electron chi connectivity index (χ2n) is 5.58. The first-order valence-corrected chi connectivity index (χ1v) is 6.48. The van der Waals surface area contributed by atoms with Gasteiger partial charge in [-0.2, -0.15) is 10.2 Å². The first kappa shape index (κ1) is 12.7. The Morgan fingerprint density at radius 1 is 1.00 bits per heavy atom. The van der Waals surface area contributed by atoms with Crippen LogP contribution in [0.2, 0.25) is 0 Å². The summed E-state index contributed by atoms with van der Waals surface area (Å²) >= 11 is 0. The van der Waals surface area contributed by atoms with Crippen molar-refractivity contribution in [3.05, 3.63) is 0 Å². The van der Waals surface area contributed by atoms with E-state index in [2.05, 4.69) is 37.9 Å². The lowest BCUT2D eigenvalue weighted by atomic mass is 9.76. The zero-order valence-corrected chi connectivity index (χ0v) is 10.8. The minimum atomic E-state index is 0.00121. The average Bonchev–Trinajstić information content (AvgIpc) is 2.93. The van der Waals surface area contributed by atoms with Gasteiger partial charge >= 0.3 is 0 Å². The van der Waals surface area contributed by atoms with Crippen molar-refractivity contribution in [1.82, 2.24) is 0 Å². The van der Waals surface area contributed by atoms with Crippen LogP contribution in [-0.2, 0) is 0 Å². The first-order chi connectivity index (χ1) is 7.04. The van der Waals surface area contributed by atoms with Gasteiger partial charge in [-0.3, -0.25) is 0 Å². The van der Waals surface area contributed by atoms with Crippen molar-refractivity contribution in [3.8, 4) is 0 Å². The average molecular weight is 210 g/mol. The summed E-state index contributed by atoms with van der Waals surface area (Å²) in [6.45, 7) is 9.15. The van der Waals surface area contributed by atoms with E-state index in [1.807, 2.05) is 0 Å². The third-order valence-corrected chi connectivity index (χ3v) is 3.63. The van der Waals surface area contributed by atoms with E-state index in [0.29, 0.717) is 5.41 Å². The van der Waals surface area contributed by atoms with Crippen LogP contribution in [-0.4, -0.2) is 5.66 Å². The molecule has 0 aromatic carbocycles. The summed E-state index contributed by atoms with van der Waals surface area (Å²) in [7, 11) is 0. The highest BCUT2D eigenvalue weighted by Gasteiger charge is 2.36. The second kappa shape index (κ2) is 5.09. The van der Waals surface area contributed by atoms with E-state index < -0.39 is 0 Å². The molecule has 0 saturated carbocycles. The van der Waals surface area contributed by atoms with Crippen LogP contribution in [0.4, 0.5) is 0 Å². The van der Waals surface area contributed by atoms with Gasteiger partial charge in [0, 0.05) is 0 Å². The molecule has 0 saturated heterocycles. The number of hydrogen-bond acceptors (Lipinski definition) is 2. The molecule has 0 amide bonds. The summed E-state index contributed by atoms with van der Waals surface area (Å²) in [5.74, 6) is 0. The highest BCUT2D eigenvalue weighted by molar-refractivity contribution is 4.90. The Balaban J connectivity index is 2.33. The third kappa shape index (κ3) is 4.31. The van der Waals surface area contributed by atoms with Crippen molar-refractivity contribution in [2.75, 3.05) is 0 Å². The topological polar surface area (TPSA) is 24.7 Å². The van der Waals surface area contributed by atoms with Gasteiger partial charge in [0.1, 0.15) is 0 Å². The molecule has 2 heteroatoms. The van der Waals surface area contributed by atoms with E-state index >= 15 is 0 Å². The minimum Gasteiger partial charge on any atom is -0.159 e. The van der Waals surface area contributed by atoms with Crippen molar-refractivity contribution in [2.24, 2.45) is 15.6 Å². The fourth-order valence-electron chi connectivity index (χ4n) is 2.31. The fraction of sp³-hybridized carbons (Fsp3) is 1.00. The standard InChI is InChI=1S/C13H26N2/c1-5-7-9-12(3,8-6-2)10-11-13(4)14-15-13/h5-11H2,1-4H3. The SMILES string of the molecule is CCCCC(C)(CCC)CCC1(C)N=N1. The highest BCUT2D eigenvalue weighted by Crippen LogP contribution is 2.41. The van der Waals surface area contributed by atoms with Crippen molar-refractivity contribution in [2.45, 2.75) is 78.3 Å². The van der Waals surface area contributed by atoms with Crippen LogP contribution in [0.5, 0.6) is 0 Å². The van der Waals surface area contributed by atoms with Gasteiger partial charge < -0.3 is 0 Å². The monoisotopic (exact) mass is 210 g/mol. The molecule has 0 bridgehead atoms. The maximum atomic E-state index is 4.10. The Labute approximate surface area is 94.6 Å². The number of unbranched alkanes of at least 4 members (excludes halogenated alkanes) is 1. The third-order valence-electron chi connectivity index (χ3n) is 3.63. The molecule has 1 aliphatic rings. The molecule has 1 heterocycles. The van der Waals surface area contributed by atoms with Gasteiger partial charge in [0.2, 0.25) is 0 Å². The van der Waals surface area contributed by atoms with Gasteiger partial charge in [-0.1, -0.05) is 40.0 Å². The Morgan fingerprint density at radius 3 is 2.13 bits per heavy atom. The molecule has 2 nitrogen and oxygen atoms in total. The number of nitrogens with zero attached hydrogens (tertiary/aromatic N) is 2. The lowest BCUT2D eigenvalue weighted by Crippen LogP contribution is -2.19. The molecule has 1 rings (SSSR count). The van der Waals surface area contributed by atoms with E-state index in [9.17, 15) is 0 Å². The lowest BCUT2D eigenvalue weighted by Gasteiger charge is -2.30. The quantitative estimate of drug-likeness (QED) is 0.542. The van der Waals surface area contributed by atoms with Crippen molar-refractivity contribution in [1.29, 1.82) is 0 Å². The smallest absolute Gasteiger partial charge is 0.159 e. The molecule has 1 atom stereocenters. The van der Waals surface area contributed by atoms with Crippen LogP contribution in [0.3, 0.4) is 0 Å². The van der Waals surface area contributed by atoms with Crippen LogP contribution in [0.15, 0.2) is 10.2 Å². The van der Waals surface area contributed by atoms with Crippen LogP contribution in [0.25, 0.3) is 0 Å². The number of hydrogen-bond donors (Lipinski definition) is 0. The zero-order valence-electron chi connectivity index (χ0n) is 10.8. The molecule has 0 spiro atoms. The summed E-state index contributed by atoms with van der Waals surface area (Å²) < 4.78 is 0. The highest BCUT2D eigenvalue weighted by atomic mass is 15.4. The Kier molecular flexibility index (Phi) is 4.30. The summed E-state index contributed by atoms with van der Waals surface area (Å²) in [6.07, 6.45) is 9.12. The summed E-state index contributed by atoms with van der Waals surface area (Å²) in [5, 5.41) is 8.21. The molecule has 0 aromatic heterocycles. The molecule has 88 valence electrons. The molecular formula is C13H26N2. The van der Waals surface area contributed by atoms with E-state index in [4.69, 9.17) is 0 Å². The van der Waals surface area contributed by atoms with Gasteiger partial charge in [-0.15, -0.1) is 0 Å².